The van der Waals surface area contributed by atoms with Crippen molar-refractivity contribution < 1.29 is 9.59 Å². The molecule has 2 aromatic rings. The first-order valence-corrected chi connectivity index (χ1v) is 13.0. The molecular weight excluding hydrogens is 452 g/mol. The molecule has 2 amide bonds. The van der Waals surface area contributed by atoms with Gasteiger partial charge in [-0.2, -0.15) is 0 Å². The molecule has 0 aromatic carbocycles. The van der Waals surface area contributed by atoms with Gasteiger partial charge in [0.05, 0.1) is 0 Å². The van der Waals surface area contributed by atoms with Gasteiger partial charge in [-0.25, -0.2) is 0 Å². The lowest BCUT2D eigenvalue weighted by Gasteiger charge is -2.29. The highest BCUT2D eigenvalue weighted by molar-refractivity contribution is 5.93. The number of carbonyl (C=O) groups is 2. The number of pyridine rings is 1. The number of carbonyl (C=O) groups excluding carboxylic acids is 2. The van der Waals surface area contributed by atoms with Gasteiger partial charge >= 0.3 is 0 Å². The normalized spacial score (nSPS) is 15.8. The van der Waals surface area contributed by atoms with Gasteiger partial charge in [-0.05, 0) is 55.9 Å². The molecule has 2 aliphatic heterocycles. The van der Waals surface area contributed by atoms with Crippen LogP contribution in [0.1, 0.15) is 86.1 Å². The van der Waals surface area contributed by atoms with Crippen molar-refractivity contribution in [3.63, 3.8) is 0 Å². The molecule has 0 fully saturated rings. The predicted molar refractivity (Wildman–Crippen MR) is 140 cm³/mol. The van der Waals surface area contributed by atoms with Crippen molar-refractivity contribution in [3.05, 3.63) is 70.7 Å². The van der Waals surface area contributed by atoms with Crippen LogP contribution in [0.15, 0.2) is 42.3 Å². The molecule has 8 nitrogen and oxygen atoms in total. The van der Waals surface area contributed by atoms with Gasteiger partial charge in [0.1, 0.15) is 11.5 Å². The zero-order valence-corrected chi connectivity index (χ0v) is 21.6. The molecule has 0 saturated carbocycles. The van der Waals surface area contributed by atoms with Crippen molar-refractivity contribution in [2.24, 2.45) is 0 Å². The Morgan fingerprint density at radius 1 is 1.11 bits per heavy atom. The third kappa shape index (κ3) is 5.98. The number of nitrogens with one attached hydrogen (secondary N) is 1. The van der Waals surface area contributed by atoms with Crippen LogP contribution in [0, 0.1) is 0 Å². The van der Waals surface area contributed by atoms with Gasteiger partial charge in [0.15, 0.2) is 5.82 Å². The summed E-state index contributed by atoms with van der Waals surface area (Å²) >= 11 is 0. The summed E-state index contributed by atoms with van der Waals surface area (Å²) < 4.78 is 2.20. The largest absolute Gasteiger partial charge is 0.338 e. The van der Waals surface area contributed by atoms with Gasteiger partial charge < -0.3 is 14.8 Å². The Bertz CT molecular complexity index is 1210. The maximum absolute atomic E-state index is 12.9. The Balaban J connectivity index is 1.42. The summed E-state index contributed by atoms with van der Waals surface area (Å²) in [5, 5.41) is 11.7. The molecule has 2 aliphatic rings. The number of fused-ring (bicyclic) bond motifs is 2. The SMILES string of the molecule is CCC/C=C(/C=C\C=C(/C)NC(=O)c1cc2c(cn1)CCN(C(=O)CCC)C2)c1nnc2n1CCC2. The molecule has 0 spiro atoms. The van der Waals surface area contributed by atoms with E-state index in [4.69, 9.17) is 0 Å². The molecule has 1 N–H and O–H groups in total. The summed E-state index contributed by atoms with van der Waals surface area (Å²) in [5.74, 6) is 1.87. The average molecular weight is 489 g/mol. The molecule has 0 aliphatic carbocycles. The highest BCUT2D eigenvalue weighted by Gasteiger charge is 2.22. The molecule has 4 heterocycles. The van der Waals surface area contributed by atoms with Crippen molar-refractivity contribution in [1.29, 1.82) is 0 Å². The van der Waals surface area contributed by atoms with Crippen LogP contribution >= 0.6 is 0 Å². The minimum absolute atomic E-state index is 0.167. The van der Waals surface area contributed by atoms with Crippen LogP contribution in [0.25, 0.3) is 5.57 Å². The van der Waals surface area contributed by atoms with Gasteiger partial charge in [-0.3, -0.25) is 14.6 Å². The van der Waals surface area contributed by atoms with E-state index in [1.54, 1.807) is 6.20 Å². The van der Waals surface area contributed by atoms with Gasteiger partial charge in [0.25, 0.3) is 5.91 Å². The minimum atomic E-state index is -0.256. The van der Waals surface area contributed by atoms with Gasteiger partial charge in [0.2, 0.25) is 5.91 Å². The topological polar surface area (TPSA) is 93.0 Å². The van der Waals surface area contributed by atoms with E-state index in [2.05, 4.69) is 38.1 Å². The van der Waals surface area contributed by atoms with E-state index in [1.807, 2.05) is 43.0 Å². The zero-order chi connectivity index (χ0) is 25.5. The second-order valence-corrected chi connectivity index (χ2v) is 9.46. The number of hydrogen-bond acceptors (Lipinski definition) is 5. The molecule has 8 heteroatoms. The second kappa shape index (κ2) is 11.9. The van der Waals surface area contributed by atoms with E-state index in [0.29, 0.717) is 25.2 Å². The first-order chi connectivity index (χ1) is 17.5. The highest BCUT2D eigenvalue weighted by Crippen LogP contribution is 2.22. The number of hydrogen-bond donors (Lipinski definition) is 1. The number of rotatable bonds is 9. The van der Waals surface area contributed by atoms with E-state index >= 15 is 0 Å². The molecule has 0 atom stereocenters. The molecule has 0 radical (unpaired) electrons. The van der Waals surface area contributed by atoms with E-state index in [-0.39, 0.29) is 11.8 Å². The van der Waals surface area contributed by atoms with Gasteiger partial charge in [-0.1, -0.05) is 38.5 Å². The second-order valence-electron chi connectivity index (χ2n) is 9.46. The molecule has 0 saturated heterocycles. The van der Waals surface area contributed by atoms with Crippen LogP contribution < -0.4 is 5.32 Å². The van der Waals surface area contributed by atoms with E-state index in [0.717, 1.165) is 79.1 Å². The molecule has 0 bridgehead atoms. The number of allylic oxidation sites excluding steroid dienone is 6. The Kier molecular flexibility index (Phi) is 8.46. The van der Waals surface area contributed by atoms with Crippen molar-refractivity contribution in [3.8, 4) is 0 Å². The summed E-state index contributed by atoms with van der Waals surface area (Å²) in [7, 11) is 0. The maximum atomic E-state index is 12.9. The van der Waals surface area contributed by atoms with Crippen LogP contribution in [0.2, 0.25) is 0 Å². The molecule has 2 aromatic heterocycles. The van der Waals surface area contributed by atoms with Crippen molar-refractivity contribution in [2.45, 2.75) is 78.8 Å². The lowest BCUT2D eigenvalue weighted by atomic mass is 10.0. The molecule has 4 rings (SSSR count). The third-order valence-electron chi connectivity index (χ3n) is 6.60. The Morgan fingerprint density at radius 3 is 2.78 bits per heavy atom. The lowest BCUT2D eigenvalue weighted by molar-refractivity contribution is -0.132. The van der Waals surface area contributed by atoms with Crippen LogP contribution in [0.4, 0.5) is 0 Å². The molecule has 190 valence electrons. The van der Waals surface area contributed by atoms with Gasteiger partial charge in [-0.15, -0.1) is 10.2 Å². The summed E-state index contributed by atoms with van der Waals surface area (Å²) in [4.78, 5) is 31.4. The average Bonchev–Trinajstić information content (AvgIpc) is 3.50. The predicted octanol–water partition coefficient (Wildman–Crippen LogP) is 4.38. The highest BCUT2D eigenvalue weighted by atomic mass is 16.2. The van der Waals surface area contributed by atoms with E-state index < -0.39 is 0 Å². The number of aryl methyl sites for hydroxylation is 1. The summed E-state index contributed by atoms with van der Waals surface area (Å²) in [6, 6.07) is 1.82. The smallest absolute Gasteiger partial charge is 0.273 e. The Hall–Kier alpha value is -3.55. The number of nitrogens with zero attached hydrogens (tertiary/aromatic N) is 5. The molecular formula is C28H36N6O2. The zero-order valence-electron chi connectivity index (χ0n) is 21.6. The van der Waals surface area contributed by atoms with Crippen molar-refractivity contribution in [1.82, 2.24) is 30.0 Å². The van der Waals surface area contributed by atoms with Crippen molar-refractivity contribution >= 4 is 17.4 Å². The van der Waals surface area contributed by atoms with E-state index in [1.165, 1.54) is 0 Å². The Morgan fingerprint density at radius 2 is 1.97 bits per heavy atom. The first kappa shape index (κ1) is 25.5. The lowest BCUT2D eigenvalue weighted by Crippen LogP contribution is -2.36. The summed E-state index contributed by atoms with van der Waals surface area (Å²) in [5.41, 5.74) is 4.23. The molecule has 36 heavy (non-hydrogen) atoms. The van der Waals surface area contributed by atoms with E-state index in [9.17, 15) is 9.59 Å². The van der Waals surface area contributed by atoms with Crippen LogP contribution in [-0.4, -0.2) is 43.0 Å². The van der Waals surface area contributed by atoms with Crippen LogP contribution in [-0.2, 0) is 30.7 Å². The number of aromatic nitrogens is 4. The van der Waals surface area contributed by atoms with Gasteiger partial charge in [0, 0.05) is 49.9 Å². The number of amides is 2. The Labute approximate surface area is 213 Å². The van der Waals surface area contributed by atoms with Crippen LogP contribution in [0.5, 0.6) is 0 Å². The van der Waals surface area contributed by atoms with Crippen LogP contribution in [0.3, 0.4) is 0 Å². The fraction of sp³-hybridized carbons (Fsp3) is 0.464. The molecule has 0 unspecified atom stereocenters. The minimum Gasteiger partial charge on any atom is -0.338 e. The fourth-order valence-corrected chi connectivity index (χ4v) is 4.63. The standard InChI is InChI=1S/C28H36N6O2/c1-4-6-11-21(27-32-31-25-13-8-15-34(25)27)12-7-10-20(3)30-28(36)24-17-23-19-33(26(35)9-5-2)16-14-22(23)18-29-24/h7,10-12,17-18H,4-6,8-9,13-16,19H2,1-3H3,(H,30,36)/b12-7-,20-10+,21-11-. The third-order valence-corrected chi connectivity index (χ3v) is 6.60. The summed E-state index contributed by atoms with van der Waals surface area (Å²) in [6.45, 7) is 8.22. The summed E-state index contributed by atoms with van der Waals surface area (Å²) in [6.07, 6.45) is 16.1. The fourth-order valence-electron chi connectivity index (χ4n) is 4.63. The quantitative estimate of drug-likeness (QED) is 0.529. The number of unbranched alkanes of at least 4 members (excludes halogenated alkanes) is 1. The first-order valence-electron chi connectivity index (χ1n) is 13.0. The monoisotopic (exact) mass is 488 g/mol. The maximum Gasteiger partial charge on any atom is 0.273 e. The van der Waals surface area contributed by atoms with Crippen molar-refractivity contribution in [2.75, 3.05) is 6.54 Å².